The number of anilines is 1. The van der Waals surface area contributed by atoms with Crippen LogP contribution >= 0.6 is 0 Å². The second-order valence-electron chi connectivity index (χ2n) is 10.5. The van der Waals surface area contributed by atoms with Crippen LogP contribution in [0.1, 0.15) is 29.5 Å². The van der Waals surface area contributed by atoms with Gasteiger partial charge in [-0.1, -0.05) is 17.7 Å². The van der Waals surface area contributed by atoms with Gasteiger partial charge in [0.2, 0.25) is 0 Å². The van der Waals surface area contributed by atoms with Gasteiger partial charge in [0.15, 0.2) is 0 Å². The topological polar surface area (TPSA) is 82.5 Å². The lowest BCUT2D eigenvalue weighted by atomic mass is 10.1. The summed E-state index contributed by atoms with van der Waals surface area (Å²) in [5.74, 6) is 0. The fourth-order valence-electron chi connectivity index (χ4n) is 5.59. The van der Waals surface area contributed by atoms with E-state index in [0.717, 1.165) is 79.5 Å². The number of benzene rings is 3. The highest BCUT2D eigenvalue weighted by Gasteiger charge is 2.22. The van der Waals surface area contributed by atoms with Crippen molar-refractivity contribution in [2.24, 2.45) is 0 Å². The van der Waals surface area contributed by atoms with Crippen LogP contribution in [0.4, 0.5) is 5.69 Å². The highest BCUT2D eigenvalue weighted by atomic mass is 32.2. The molecule has 8 heteroatoms. The minimum Gasteiger partial charge on any atom is -0.464 e. The van der Waals surface area contributed by atoms with Crippen LogP contribution in [0.5, 0.6) is 0 Å². The first-order valence-corrected chi connectivity index (χ1v) is 15.2. The van der Waals surface area contributed by atoms with Crippen LogP contribution in [0.15, 0.2) is 88.5 Å². The Balaban J connectivity index is 1.10. The zero-order chi connectivity index (χ0) is 27.7. The average Bonchev–Trinajstić information content (AvgIpc) is 3.60. The molecule has 1 aliphatic rings. The lowest BCUT2D eigenvalue weighted by molar-refractivity contribution is 0.253. The molecular formula is C32H32N4O3S. The molecular weight excluding hydrogens is 520 g/mol. The molecule has 0 aliphatic carbocycles. The molecule has 6 rings (SSSR count). The van der Waals surface area contributed by atoms with Gasteiger partial charge in [0.1, 0.15) is 5.58 Å². The summed E-state index contributed by atoms with van der Waals surface area (Å²) < 4.78 is 33.9. The van der Waals surface area contributed by atoms with Gasteiger partial charge in [0.05, 0.1) is 28.3 Å². The fraction of sp³-hybridized carbons (Fsp3) is 0.281. The average molecular weight is 553 g/mol. The maximum atomic E-state index is 13.5. The van der Waals surface area contributed by atoms with Crippen molar-refractivity contribution in [3.8, 4) is 6.07 Å². The van der Waals surface area contributed by atoms with Crippen molar-refractivity contribution in [3.05, 3.63) is 95.9 Å². The molecule has 40 heavy (non-hydrogen) atoms. The summed E-state index contributed by atoms with van der Waals surface area (Å²) in [6.07, 6.45) is 6.20. The second-order valence-corrected chi connectivity index (χ2v) is 12.4. The number of nitrogens with zero attached hydrogens (tertiary/aromatic N) is 4. The van der Waals surface area contributed by atoms with Gasteiger partial charge < -0.3 is 9.32 Å². The Morgan fingerprint density at radius 1 is 0.925 bits per heavy atom. The molecule has 0 N–H and O–H groups in total. The Morgan fingerprint density at radius 3 is 2.50 bits per heavy atom. The van der Waals surface area contributed by atoms with E-state index >= 15 is 0 Å². The van der Waals surface area contributed by atoms with Gasteiger partial charge in [-0.15, -0.1) is 0 Å². The van der Waals surface area contributed by atoms with Gasteiger partial charge >= 0.3 is 0 Å². The molecule has 0 atom stereocenters. The summed E-state index contributed by atoms with van der Waals surface area (Å²) in [7, 11) is -3.75. The predicted molar refractivity (Wildman–Crippen MR) is 158 cm³/mol. The van der Waals surface area contributed by atoms with Crippen LogP contribution < -0.4 is 4.90 Å². The van der Waals surface area contributed by atoms with Crippen LogP contribution in [-0.4, -0.2) is 50.0 Å². The van der Waals surface area contributed by atoms with E-state index in [9.17, 15) is 13.7 Å². The summed E-state index contributed by atoms with van der Waals surface area (Å²) in [6, 6.07) is 22.7. The standard InChI is InChI=1S/C32H32N4O3S/c1-24-5-9-29(10-6-24)40(37,38)36-23-27(30-20-25(22-33)7-11-31(30)36)4-2-3-14-34-15-17-35(18-16-34)28-8-12-32-26(21-28)13-19-39-32/h5-13,19-21,23H,2-4,14-18H2,1H3. The smallest absolute Gasteiger partial charge is 0.268 e. The number of fused-ring (bicyclic) bond motifs is 2. The summed E-state index contributed by atoms with van der Waals surface area (Å²) in [5.41, 5.74) is 5.27. The van der Waals surface area contributed by atoms with Crippen LogP contribution in [0.3, 0.4) is 0 Å². The van der Waals surface area contributed by atoms with Crippen molar-refractivity contribution in [2.75, 3.05) is 37.6 Å². The van der Waals surface area contributed by atoms with Crippen molar-refractivity contribution in [3.63, 3.8) is 0 Å². The van der Waals surface area contributed by atoms with Crippen molar-refractivity contribution in [1.82, 2.24) is 8.87 Å². The van der Waals surface area contributed by atoms with Crippen molar-refractivity contribution >= 4 is 37.6 Å². The number of piperazine rings is 1. The molecule has 204 valence electrons. The Hall–Kier alpha value is -4.06. The highest BCUT2D eigenvalue weighted by molar-refractivity contribution is 7.90. The molecule has 0 unspecified atom stereocenters. The SMILES string of the molecule is Cc1ccc(S(=O)(=O)n2cc(CCCCN3CCN(c4ccc5occc5c4)CC3)c3cc(C#N)ccc32)cc1. The number of aryl methyl sites for hydroxylation is 2. The molecule has 0 amide bonds. The Bertz CT molecular complexity index is 1800. The van der Waals surface area contributed by atoms with E-state index in [-0.39, 0.29) is 4.90 Å². The molecule has 3 heterocycles. The first-order valence-electron chi connectivity index (χ1n) is 13.7. The number of hydrogen-bond acceptors (Lipinski definition) is 6. The first kappa shape index (κ1) is 26.2. The third kappa shape index (κ3) is 5.10. The summed E-state index contributed by atoms with van der Waals surface area (Å²) in [6.45, 7) is 6.96. The fourth-order valence-corrected chi connectivity index (χ4v) is 6.98. The molecule has 1 aliphatic heterocycles. The molecule has 1 fully saturated rings. The largest absolute Gasteiger partial charge is 0.464 e. The first-order chi connectivity index (χ1) is 19.4. The molecule has 5 aromatic rings. The molecule has 0 saturated carbocycles. The van der Waals surface area contributed by atoms with Crippen molar-refractivity contribution < 1.29 is 12.8 Å². The van der Waals surface area contributed by atoms with E-state index in [1.165, 1.54) is 9.66 Å². The Morgan fingerprint density at radius 2 is 1.73 bits per heavy atom. The monoisotopic (exact) mass is 552 g/mol. The van der Waals surface area contributed by atoms with E-state index < -0.39 is 10.0 Å². The molecule has 0 radical (unpaired) electrons. The number of furan rings is 1. The van der Waals surface area contributed by atoms with E-state index in [1.54, 1.807) is 36.7 Å². The zero-order valence-corrected chi connectivity index (χ0v) is 23.4. The number of nitriles is 1. The minimum atomic E-state index is -3.75. The lowest BCUT2D eigenvalue weighted by Gasteiger charge is -2.36. The van der Waals surface area contributed by atoms with Gasteiger partial charge in [-0.05, 0) is 92.9 Å². The molecule has 2 aromatic heterocycles. The van der Waals surface area contributed by atoms with Gasteiger partial charge in [0, 0.05) is 48.8 Å². The van der Waals surface area contributed by atoms with Gasteiger partial charge in [0.25, 0.3) is 10.0 Å². The van der Waals surface area contributed by atoms with Gasteiger partial charge in [-0.25, -0.2) is 12.4 Å². The third-order valence-electron chi connectivity index (χ3n) is 7.90. The molecule has 0 bridgehead atoms. The molecule has 0 spiro atoms. The summed E-state index contributed by atoms with van der Waals surface area (Å²) >= 11 is 0. The van der Waals surface area contributed by atoms with E-state index in [1.807, 2.05) is 37.3 Å². The predicted octanol–water partition coefficient (Wildman–Crippen LogP) is 5.95. The van der Waals surface area contributed by atoms with E-state index in [2.05, 4.69) is 28.0 Å². The number of rotatable bonds is 8. The minimum absolute atomic E-state index is 0.259. The maximum Gasteiger partial charge on any atom is 0.268 e. The van der Waals surface area contributed by atoms with Crippen LogP contribution in [0.2, 0.25) is 0 Å². The van der Waals surface area contributed by atoms with Crippen LogP contribution in [0.25, 0.3) is 21.9 Å². The quantitative estimate of drug-likeness (QED) is 0.221. The Labute approximate surface area is 234 Å². The third-order valence-corrected chi connectivity index (χ3v) is 9.59. The van der Waals surface area contributed by atoms with Gasteiger partial charge in [-0.2, -0.15) is 5.26 Å². The normalized spacial score (nSPS) is 14.7. The van der Waals surface area contributed by atoms with Crippen molar-refractivity contribution in [1.29, 1.82) is 5.26 Å². The summed E-state index contributed by atoms with van der Waals surface area (Å²) in [5, 5.41) is 11.4. The zero-order valence-electron chi connectivity index (χ0n) is 22.6. The van der Waals surface area contributed by atoms with Crippen LogP contribution in [0, 0.1) is 18.3 Å². The molecule has 1 saturated heterocycles. The molecule has 7 nitrogen and oxygen atoms in total. The number of aromatic nitrogens is 1. The number of hydrogen-bond donors (Lipinski definition) is 0. The second kappa shape index (κ2) is 10.8. The van der Waals surface area contributed by atoms with Gasteiger partial charge in [-0.3, -0.25) is 4.90 Å². The summed E-state index contributed by atoms with van der Waals surface area (Å²) in [4.78, 5) is 5.19. The van der Waals surface area contributed by atoms with E-state index in [0.29, 0.717) is 11.1 Å². The lowest BCUT2D eigenvalue weighted by Crippen LogP contribution is -2.46. The van der Waals surface area contributed by atoms with Crippen molar-refractivity contribution in [2.45, 2.75) is 31.1 Å². The highest BCUT2D eigenvalue weighted by Crippen LogP contribution is 2.29. The van der Waals surface area contributed by atoms with E-state index in [4.69, 9.17) is 4.42 Å². The maximum absolute atomic E-state index is 13.5. The Kier molecular flexibility index (Phi) is 7.09. The number of unbranched alkanes of at least 4 members (excludes halogenated alkanes) is 1. The van der Waals surface area contributed by atoms with Crippen LogP contribution in [-0.2, 0) is 16.4 Å². The molecule has 3 aromatic carbocycles.